The van der Waals surface area contributed by atoms with Gasteiger partial charge in [0.25, 0.3) is 5.91 Å². The van der Waals surface area contributed by atoms with E-state index in [0.29, 0.717) is 43.5 Å². The van der Waals surface area contributed by atoms with Crippen LogP contribution in [-0.4, -0.2) is 59.0 Å². The van der Waals surface area contributed by atoms with Crippen molar-refractivity contribution < 1.29 is 13.9 Å². The van der Waals surface area contributed by atoms with Crippen molar-refractivity contribution in [2.45, 2.75) is 32.2 Å². The van der Waals surface area contributed by atoms with Crippen LogP contribution in [0.1, 0.15) is 46.7 Å². The monoisotopic (exact) mass is 538 g/mol. The Balaban J connectivity index is 1.33. The second kappa shape index (κ2) is 9.81. The van der Waals surface area contributed by atoms with Crippen molar-refractivity contribution in [2.75, 3.05) is 41.8 Å². The number of rotatable bonds is 6. The number of nitrogens with one attached hydrogen (secondary N) is 2. The summed E-state index contributed by atoms with van der Waals surface area (Å²) < 4.78 is 20.3. The summed E-state index contributed by atoms with van der Waals surface area (Å²) in [7, 11) is 0. The van der Waals surface area contributed by atoms with Gasteiger partial charge in [0.05, 0.1) is 48.7 Å². The van der Waals surface area contributed by atoms with Crippen LogP contribution in [-0.2, 0) is 10.2 Å². The molecule has 2 aromatic heterocycles. The van der Waals surface area contributed by atoms with Gasteiger partial charge in [0, 0.05) is 23.9 Å². The van der Waals surface area contributed by atoms with Crippen LogP contribution >= 0.6 is 0 Å². The summed E-state index contributed by atoms with van der Waals surface area (Å²) >= 11 is 0. The van der Waals surface area contributed by atoms with Crippen LogP contribution in [0.25, 0.3) is 11.6 Å². The maximum atomic E-state index is 15.1. The molecule has 3 aromatic rings. The molecule has 202 valence electrons. The molecule has 0 atom stereocenters. The lowest BCUT2D eigenvalue weighted by atomic mass is 9.91. The molecule has 3 aliphatic heterocycles. The van der Waals surface area contributed by atoms with Gasteiger partial charge in [-0.15, -0.1) is 0 Å². The largest absolute Gasteiger partial charge is 0.377 e. The van der Waals surface area contributed by atoms with Gasteiger partial charge in [0.2, 0.25) is 5.95 Å². The number of aryl methyl sites for hydroxylation is 1. The number of hydrogen-bond donors (Lipinski definition) is 2. The highest BCUT2D eigenvalue weighted by molar-refractivity contribution is 6.36. The van der Waals surface area contributed by atoms with Gasteiger partial charge in [-0.2, -0.15) is 10.2 Å². The first kappa shape index (κ1) is 25.6. The highest BCUT2D eigenvalue weighted by Crippen LogP contribution is 2.37. The first-order valence-electron chi connectivity index (χ1n) is 13.0. The number of ether oxygens (including phenoxy) is 1. The van der Waals surface area contributed by atoms with E-state index in [1.165, 1.54) is 12.1 Å². The molecule has 0 saturated carbocycles. The van der Waals surface area contributed by atoms with Crippen LogP contribution in [0.2, 0.25) is 0 Å². The Morgan fingerprint density at radius 1 is 1.25 bits per heavy atom. The van der Waals surface area contributed by atoms with Gasteiger partial charge in [-0.3, -0.25) is 9.79 Å². The van der Waals surface area contributed by atoms with Crippen molar-refractivity contribution in [3.8, 4) is 6.07 Å². The van der Waals surface area contributed by atoms with Crippen molar-refractivity contribution in [1.29, 1.82) is 5.26 Å². The number of anilines is 3. The number of halogens is 1. The molecule has 11 heteroatoms. The minimum absolute atomic E-state index is 0.0210. The zero-order chi connectivity index (χ0) is 28.0. The summed E-state index contributed by atoms with van der Waals surface area (Å²) in [6, 6.07) is 10.3. The Morgan fingerprint density at radius 3 is 2.83 bits per heavy atom. The number of aromatic nitrogens is 3. The number of carbonyl (C=O) groups is 1. The molecule has 10 nitrogen and oxygen atoms in total. The maximum absolute atomic E-state index is 15.1. The topological polar surface area (TPSA) is 128 Å². The summed E-state index contributed by atoms with van der Waals surface area (Å²) in [5.41, 5.74) is 2.74. The lowest BCUT2D eigenvalue weighted by Crippen LogP contribution is -2.41. The molecule has 0 unspecified atom stereocenters. The van der Waals surface area contributed by atoms with Crippen LogP contribution < -0.4 is 15.5 Å². The van der Waals surface area contributed by atoms with Crippen molar-refractivity contribution in [2.24, 2.45) is 4.99 Å². The number of carbonyl (C=O) groups excluding carboxylic acids is 1. The summed E-state index contributed by atoms with van der Waals surface area (Å²) in [5.74, 6) is 0.900. The summed E-state index contributed by atoms with van der Waals surface area (Å²) in [4.78, 5) is 33.4. The second-order valence-corrected chi connectivity index (χ2v) is 10.5. The van der Waals surface area contributed by atoms with Crippen molar-refractivity contribution >= 4 is 40.8 Å². The number of fused-ring (bicyclic) bond motifs is 3. The Hall–Kier alpha value is -4.69. The molecule has 3 aliphatic rings. The molecular formula is C29H27FN8O2. The Morgan fingerprint density at radius 2 is 2.08 bits per heavy atom. The van der Waals surface area contributed by atoms with Gasteiger partial charge in [0.15, 0.2) is 0 Å². The van der Waals surface area contributed by atoms with Crippen LogP contribution in [0.5, 0.6) is 0 Å². The quantitative estimate of drug-likeness (QED) is 0.483. The third-order valence-electron chi connectivity index (χ3n) is 7.16. The van der Waals surface area contributed by atoms with Crippen molar-refractivity contribution in [3.05, 3.63) is 70.4 Å². The van der Waals surface area contributed by atoms with E-state index in [1.54, 1.807) is 38.2 Å². The smallest absolute Gasteiger partial charge is 0.274 e. The molecule has 1 aromatic carbocycles. The number of benzene rings is 1. The van der Waals surface area contributed by atoms with Gasteiger partial charge < -0.3 is 20.3 Å². The van der Waals surface area contributed by atoms with Crippen molar-refractivity contribution in [3.63, 3.8) is 0 Å². The Labute approximate surface area is 230 Å². The zero-order valence-corrected chi connectivity index (χ0v) is 22.3. The third kappa shape index (κ3) is 4.56. The molecular weight excluding hydrogens is 511 g/mol. The maximum Gasteiger partial charge on any atom is 0.274 e. The Bertz CT molecular complexity index is 1640. The standard InChI is InChI=1S/C29H27FN8O2/c1-16-9-21(30)23(36-27(39)22-5-4-6-24(35-22)29(2,3)15-31)11-19(16)20-10-17-12-33-28(34-18-13-40-14-18)37-25(17)38-8-7-32-26(20)38/h4-6,9-12,18H,7-8,13-14H2,1-3H3,(H,36,39)(H,33,34,37). The van der Waals surface area contributed by atoms with Crippen LogP contribution in [0.3, 0.4) is 0 Å². The fourth-order valence-electron chi connectivity index (χ4n) is 4.79. The molecule has 0 bridgehead atoms. The molecule has 0 spiro atoms. The minimum Gasteiger partial charge on any atom is -0.377 e. The molecule has 0 aliphatic carbocycles. The molecule has 40 heavy (non-hydrogen) atoms. The highest BCUT2D eigenvalue weighted by atomic mass is 19.1. The van der Waals surface area contributed by atoms with Crippen molar-refractivity contribution in [1.82, 2.24) is 15.0 Å². The number of amidine groups is 1. The molecule has 0 radical (unpaired) electrons. The van der Waals surface area contributed by atoms with Gasteiger partial charge in [-0.05, 0) is 62.2 Å². The normalized spacial score (nSPS) is 16.2. The summed E-state index contributed by atoms with van der Waals surface area (Å²) in [5, 5.41) is 15.4. The minimum atomic E-state index is -0.873. The van der Waals surface area contributed by atoms with E-state index in [1.807, 2.05) is 17.9 Å². The first-order chi connectivity index (χ1) is 19.2. The van der Waals surface area contributed by atoms with Crippen LogP contribution in [0.15, 0.2) is 41.5 Å². The number of nitrogens with zero attached hydrogens (tertiary/aromatic N) is 6. The number of amides is 1. The van der Waals surface area contributed by atoms with Gasteiger partial charge in [-0.25, -0.2) is 14.4 Å². The Kier molecular flexibility index (Phi) is 6.27. The van der Waals surface area contributed by atoms with Gasteiger partial charge >= 0.3 is 0 Å². The summed E-state index contributed by atoms with van der Waals surface area (Å²) in [6.45, 7) is 7.78. The van der Waals surface area contributed by atoms with Gasteiger partial charge in [-0.1, -0.05) is 6.07 Å². The fraction of sp³-hybridized carbons (Fsp3) is 0.310. The number of pyridine rings is 1. The van der Waals surface area contributed by atoms with E-state index in [-0.39, 0.29) is 17.4 Å². The number of nitriles is 1. The molecule has 5 heterocycles. The second-order valence-electron chi connectivity index (χ2n) is 10.5. The molecule has 1 fully saturated rings. The lowest BCUT2D eigenvalue weighted by molar-refractivity contribution is 0.0208. The lowest BCUT2D eigenvalue weighted by Gasteiger charge is -2.30. The average molecular weight is 539 g/mol. The predicted octanol–water partition coefficient (Wildman–Crippen LogP) is 3.96. The number of hydrogen-bond acceptors (Lipinski definition) is 9. The van der Waals surface area contributed by atoms with Gasteiger partial charge in [0.1, 0.15) is 23.2 Å². The van der Waals surface area contributed by atoms with E-state index < -0.39 is 17.1 Å². The number of aliphatic imine (C=N–C) groups is 1. The first-order valence-corrected chi connectivity index (χ1v) is 13.0. The van der Waals surface area contributed by atoms with Crippen LogP contribution in [0.4, 0.5) is 21.8 Å². The zero-order valence-electron chi connectivity index (χ0n) is 22.3. The molecule has 2 N–H and O–H groups in total. The SMILES string of the molecule is Cc1cc(F)c(NC(=O)c2cccc(C(C)(C)C#N)n2)cc1C1=Cc2cnc(NC3COC3)nc2N2CCN=C12. The molecule has 1 amide bonds. The van der Waals surface area contributed by atoms with E-state index in [9.17, 15) is 10.1 Å². The van der Waals surface area contributed by atoms with E-state index in [4.69, 9.17) is 14.7 Å². The fourth-order valence-corrected chi connectivity index (χ4v) is 4.79. The van der Waals surface area contributed by atoms with E-state index in [2.05, 4.69) is 26.7 Å². The van der Waals surface area contributed by atoms with Crippen LogP contribution in [0, 0.1) is 24.1 Å². The summed E-state index contributed by atoms with van der Waals surface area (Å²) in [6.07, 6.45) is 3.72. The van der Waals surface area contributed by atoms with E-state index >= 15 is 4.39 Å². The third-order valence-corrected chi connectivity index (χ3v) is 7.16. The predicted molar refractivity (Wildman–Crippen MR) is 150 cm³/mol. The molecule has 6 rings (SSSR count). The average Bonchev–Trinajstić information content (AvgIpc) is 3.42. The molecule has 1 saturated heterocycles. The van der Waals surface area contributed by atoms with E-state index in [0.717, 1.165) is 28.4 Å². The highest BCUT2D eigenvalue weighted by Gasteiger charge is 2.32.